The molecule has 132 valence electrons. The third-order valence-corrected chi connectivity index (χ3v) is 4.37. The summed E-state index contributed by atoms with van der Waals surface area (Å²) >= 11 is 0. The van der Waals surface area contributed by atoms with Gasteiger partial charge in [-0.25, -0.2) is 9.69 Å². The molecular weight excluding hydrogens is 306 g/mol. The van der Waals surface area contributed by atoms with Crippen LogP contribution in [0.4, 0.5) is 4.79 Å². The number of rotatable bonds is 8. The van der Waals surface area contributed by atoms with E-state index in [4.69, 9.17) is 9.47 Å². The molecule has 1 aliphatic heterocycles. The van der Waals surface area contributed by atoms with Crippen molar-refractivity contribution in [2.24, 2.45) is 11.8 Å². The minimum Gasteiger partial charge on any atom is -0.447 e. The zero-order valence-corrected chi connectivity index (χ0v) is 14.7. The molecule has 1 aliphatic rings. The Bertz CT molecular complexity index is 544. The molecule has 0 aromatic heterocycles. The third kappa shape index (κ3) is 4.81. The molecule has 0 spiro atoms. The lowest BCUT2D eigenvalue weighted by Crippen LogP contribution is -2.44. The van der Waals surface area contributed by atoms with E-state index in [1.165, 1.54) is 4.90 Å². The van der Waals surface area contributed by atoms with Gasteiger partial charge in [-0.15, -0.1) is 0 Å². The number of cyclic esters (lactones) is 1. The highest BCUT2D eigenvalue weighted by Crippen LogP contribution is 2.23. The number of carbonyl (C=O) groups excluding carboxylic acids is 2. The molecule has 2 atom stereocenters. The van der Waals surface area contributed by atoms with Crippen molar-refractivity contribution < 1.29 is 19.1 Å². The van der Waals surface area contributed by atoms with Crippen LogP contribution in [-0.4, -0.2) is 36.2 Å². The molecule has 1 heterocycles. The Morgan fingerprint density at radius 2 is 2.00 bits per heavy atom. The highest BCUT2D eigenvalue weighted by molar-refractivity contribution is 5.94. The van der Waals surface area contributed by atoms with Crippen LogP contribution in [0.15, 0.2) is 30.3 Å². The van der Waals surface area contributed by atoms with Gasteiger partial charge < -0.3 is 9.47 Å². The van der Waals surface area contributed by atoms with E-state index in [9.17, 15) is 9.59 Å². The molecular formula is C19H27NO4. The average molecular weight is 333 g/mol. The number of carbonyl (C=O) groups is 2. The molecule has 5 nitrogen and oxygen atoms in total. The summed E-state index contributed by atoms with van der Waals surface area (Å²) in [6, 6.07) is 9.85. The van der Waals surface area contributed by atoms with Gasteiger partial charge in [0, 0.05) is 12.5 Å². The molecule has 1 aromatic carbocycles. The predicted octanol–water partition coefficient (Wildman–Crippen LogP) is 3.62. The largest absolute Gasteiger partial charge is 0.447 e. The van der Waals surface area contributed by atoms with Crippen molar-refractivity contribution in [3.8, 4) is 0 Å². The molecule has 0 radical (unpaired) electrons. The molecule has 1 saturated heterocycles. The summed E-state index contributed by atoms with van der Waals surface area (Å²) < 4.78 is 10.7. The first-order valence-electron chi connectivity index (χ1n) is 8.62. The molecule has 1 aromatic rings. The van der Waals surface area contributed by atoms with Gasteiger partial charge in [0.25, 0.3) is 0 Å². The highest BCUT2D eigenvalue weighted by Gasteiger charge is 2.40. The maximum Gasteiger partial charge on any atom is 0.416 e. The van der Waals surface area contributed by atoms with Crippen LogP contribution in [0.25, 0.3) is 0 Å². The van der Waals surface area contributed by atoms with E-state index in [1.54, 1.807) is 0 Å². The van der Waals surface area contributed by atoms with E-state index >= 15 is 0 Å². The maximum absolute atomic E-state index is 12.5. The average Bonchev–Trinajstić information content (AvgIpc) is 2.96. The topological polar surface area (TPSA) is 55.8 Å². The Morgan fingerprint density at radius 1 is 1.29 bits per heavy atom. The van der Waals surface area contributed by atoms with Crippen LogP contribution in [0, 0.1) is 11.8 Å². The van der Waals surface area contributed by atoms with Crippen LogP contribution in [0.3, 0.4) is 0 Å². The van der Waals surface area contributed by atoms with Crippen molar-refractivity contribution in [2.45, 2.75) is 46.3 Å². The molecule has 0 bridgehead atoms. The van der Waals surface area contributed by atoms with Crippen LogP contribution in [0.5, 0.6) is 0 Å². The fourth-order valence-corrected chi connectivity index (χ4v) is 2.80. The lowest BCUT2D eigenvalue weighted by atomic mass is 10.00. The summed E-state index contributed by atoms with van der Waals surface area (Å²) in [4.78, 5) is 25.7. The maximum atomic E-state index is 12.5. The van der Waals surface area contributed by atoms with Crippen molar-refractivity contribution in [1.82, 2.24) is 4.90 Å². The Hall–Kier alpha value is -1.88. The summed E-state index contributed by atoms with van der Waals surface area (Å²) in [7, 11) is 0. The highest BCUT2D eigenvalue weighted by atomic mass is 16.6. The van der Waals surface area contributed by atoms with Crippen molar-refractivity contribution in [3.05, 3.63) is 35.9 Å². The minimum atomic E-state index is -0.508. The second kappa shape index (κ2) is 8.83. The van der Waals surface area contributed by atoms with Crippen molar-refractivity contribution in [3.63, 3.8) is 0 Å². The van der Waals surface area contributed by atoms with Crippen molar-refractivity contribution >= 4 is 12.0 Å². The summed E-state index contributed by atoms with van der Waals surface area (Å²) in [5.74, 6) is -0.154. The van der Waals surface area contributed by atoms with Crippen LogP contribution in [-0.2, 0) is 20.9 Å². The van der Waals surface area contributed by atoms with Gasteiger partial charge in [0.2, 0.25) is 5.91 Å². The zero-order chi connectivity index (χ0) is 17.5. The van der Waals surface area contributed by atoms with Gasteiger partial charge in [-0.05, 0) is 24.3 Å². The number of imide groups is 1. The van der Waals surface area contributed by atoms with Crippen LogP contribution in [0.2, 0.25) is 0 Å². The van der Waals surface area contributed by atoms with Crippen molar-refractivity contribution in [2.75, 3.05) is 13.2 Å². The SMILES string of the molecule is CC(CCCOCc1ccccc1)C(=O)N1C(=O)OC[C@@H]1C(C)C. The Morgan fingerprint density at radius 3 is 2.67 bits per heavy atom. The molecule has 0 saturated carbocycles. The number of benzene rings is 1. The lowest BCUT2D eigenvalue weighted by Gasteiger charge is -2.25. The second-order valence-electron chi connectivity index (χ2n) is 6.68. The first-order valence-corrected chi connectivity index (χ1v) is 8.62. The fourth-order valence-electron chi connectivity index (χ4n) is 2.80. The van der Waals surface area contributed by atoms with Crippen LogP contribution >= 0.6 is 0 Å². The third-order valence-electron chi connectivity index (χ3n) is 4.37. The minimum absolute atomic E-state index is 0.140. The summed E-state index contributed by atoms with van der Waals surface area (Å²) in [6.45, 7) is 7.34. The smallest absolute Gasteiger partial charge is 0.416 e. The summed E-state index contributed by atoms with van der Waals surface area (Å²) in [5.41, 5.74) is 1.14. The van der Waals surface area contributed by atoms with E-state index in [1.807, 2.05) is 51.1 Å². The summed E-state index contributed by atoms with van der Waals surface area (Å²) in [5, 5.41) is 0. The normalized spacial score (nSPS) is 18.8. The fraction of sp³-hybridized carbons (Fsp3) is 0.579. The van der Waals surface area contributed by atoms with Gasteiger partial charge in [0.05, 0.1) is 12.6 Å². The van der Waals surface area contributed by atoms with Gasteiger partial charge in [-0.3, -0.25) is 4.79 Å². The Balaban J connectivity index is 1.72. The Labute approximate surface area is 143 Å². The van der Waals surface area contributed by atoms with Gasteiger partial charge in [-0.2, -0.15) is 0 Å². The molecule has 24 heavy (non-hydrogen) atoms. The standard InChI is InChI=1S/C19H27NO4/c1-14(2)17-13-24-19(22)20(17)18(21)15(3)8-7-11-23-12-16-9-5-4-6-10-16/h4-6,9-10,14-15,17H,7-8,11-13H2,1-3H3/t15?,17-/m1/s1. The summed E-state index contributed by atoms with van der Waals surface area (Å²) in [6.07, 6.45) is 0.975. The van der Waals surface area contributed by atoms with E-state index in [0.717, 1.165) is 12.0 Å². The van der Waals surface area contributed by atoms with Gasteiger partial charge in [0.15, 0.2) is 0 Å². The quantitative estimate of drug-likeness (QED) is 0.682. The molecule has 2 rings (SSSR count). The first kappa shape index (κ1) is 18.5. The van der Waals surface area contributed by atoms with E-state index < -0.39 is 6.09 Å². The molecule has 1 fully saturated rings. The van der Waals surface area contributed by atoms with Gasteiger partial charge in [0.1, 0.15) is 6.61 Å². The zero-order valence-electron chi connectivity index (χ0n) is 14.7. The monoisotopic (exact) mass is 333 g/mol. The molecule has 1 unspecified atom stereocenters. The van der Waals surface area contributed by atoms with Gasteiger partial charge in [-0.1, -0.05) is 51.1 Å². The molecule has 0 aliphatic carbocycles. The molecule has 2 amide bonds. The first-order chi connectivity index (χ1) is 11.5. The predicted molar refractivity (Wildman–Crippen MR) is 91.3 cm³/mol. The van der Waals surface area contributed by atoms with E-state index in [-0.39, 0.29) is 23.8 Å². The molecule has 0 N–H and O–H groups in total. The van der Waals surface area contributed by atoms with Crippen LogP contribution < -0.4 is 0 Å². The number of nitrogens with zero attached hydrogens (tertiary/aromatic N) is 1. The number of hydrogen-bond donors (Lipinski definition) is 0. The van der Waals surface area contributed by atoms with Crippen LogP contribution in [0.1, 0.15) is 39.2 Å². The number of hydrogen-bond acceptors (Lipinski definition) is 4. The lowest BCUT2D eigenvalue weighted by molar-refractivity contribution is -0.133. The molecule has 5 heteroatoms. The van der Waals surface area contributed by atoms with Gasteiger partial charge >= 0.3 is 6.09 Å². The van der Waals surface area contributed by atoms with E-state index in [2.05, 4.69) is 0 Å². The van der Waals surface area contributed by atoms with E-state index in [0.29, 0.717) is 26.2 Å². The number of ether oxygens (including phenoxy) is 2. The van der Waals surface area contributed by atoms with Crippen molar-refractivity contribution in [1.29, 1.82) is 0 Å². The number of amides is 2. The Kier molecular flexibility index (Phi) is 6.79. The second-order valence-corrected chi connectivity index (χ2v) is 6.68.